The number of nitriles is 1. The molecule has 0 radical (unpaired) electrons. The molecule has 4 rings (SSSR count). The molecule has 2 N–H and O–H groups in total. The van der Waals surface area contributed by atoms with Crippen LogP contribution in [0, 0.1) is 18.3 Å². The predicted molar refractivity (Wildman–Crippen MR) is 125 cm³/mol. The smallest absolute Gasteiger partial charge is 0.161 e. The monoisotopic (exact) mass is 475 g/mol. The largest absolute Gasteiger partial charge is 0.384 e. The van der Waals surface area contributed by atoms with Gasteiger partial charge in [0, 0.05) is 32.6 Å². The lowest BCUT2D eigenvalue weighted by atomic mass is 9.76. The molecule has 0 amide bonds. The minimum atomic E-state index is -0.448. The number of nitrogens with zero attached hydrogens (tertiary/aromatic N) is 2. The lowest BCUT2D eigenvalue weighted by Gasteiger charge is -2.39. The van der Waals surface area contributed by atoms with Gasteiger partial charge in [-0.15, -0.1) is 23.1 Å². The zero-order valence-corrected chi connectivity index (χ0v) is 19.6. The van der Waals surface area contributed by atoms with E-state index in [4.69, 9.17) is 28.9 Å². The first kappa shape index (κ1) is 21.3. The summed E-state index contributed by atoms with van der Waals surface area (Å²) in [5.41, 5.74) is 10.1. The minimum Gasteiger partial charge on any atom is -0.384 e. The molecule has 0 fully saturated rings. The molecule has 1 aliphatic heterocycles. The molecule has 1 unspecified atom stereocenters. The number of rotatable bonds is 3. The SMILES string of the molecule is CSc1sc(C)cc1C1C(C#N)=C(N)N(c2cc(Cl)cc(Cl)c2)C2=C1C(=O)CCC2. The third-order valence-electron chi connectivity index (χ3n) is 5.36. The van der Waals surface area contributed by atoms with Crippen molar-refractivity contribution in [1.82, 2.24) is 0 Å². The molecule has 30 heavy (non-hydrogen) atoms. The summed E-state index contributed by atoms with van der Waals surface area (Å²) in [5, 5.41) is 11.0. The maximum absolute atomic E-state index is 13.2. The molecule has 1 aromatic heterocycles. The number of thioether (sulfide) groups is 1. The highest BCUT2D eigenvalue weighted by molar-refractivity contribution is 8.00. The van der Waals surface area contributed by atoms with Crippen LogP contribution in [0.15, 0.2) is 51.1 Å². The van der Waals surface area contributed by atoms with Gasteiger partial charge < -0.3 is 5.73 Å². The Morgan fingerprint density at radius 3 is 2.57 bits per heavy atom. The Morgan fingerprint density at radius 1 is 1.23 bits per heavy atom. The standard InChI is InChI=1S/C22H19Cl2N3OS2/c1-11-6-15(22(29-2)30-11)19-16(10-25)21(26)27(14-8-12(23)7-13(24)9-14)17-4-3-5-18(28)20(17)19/h6-9,19H,3-5,26H2,1-2H3. The van der Waals surface area contributed by atoms with Crippen molar-refractivity contribution in [2.24, 2.45) is 5.73 Å². The van der Waals surface area contributed by atoms with Crippen LogP contribution in [-0.4, -0.2) is 12.0 Å². The number of hydrogen-bond donors (Lipinski definition) is 1. The van der Waals surface area contributed by atoms with Gasteiger partial charge in [0.2, 0.25) is 0 Å². The summed E-state index contributed by atoms with van der Waals surface area (Å²) in [5.74, 6) is -0.0585. The number of halogens is 2. The second-order valence-corrected chi connectivity index (χ2v) is 10.5. The van der Waals surface area contributed by atoms with Crippen molar-refractivity contribution in [1.29, 1.82) is 5.26 Å². The minimum absolute atomic E-state index is 0.0653. The maximum Gasteiger partial charge on any atom is 0.161 e. The van der Waals surface area contributed by atoms with Gasteiger partial charge >= 0.3 is 0 Å². The van der Waals surface area contributed by atoms with E-state index >= 15 is 0 Å². The van der Waals surface area contributed by atoms with E-state index in [0.717, 1.165) is 26.8 Å². The topological polar surface area (TPSA) is 70.1 Å². The first-order valence-electron chi connectivity index (χ1n) is 9.42. The average Bonchev–Trinajstić information content (AvgIpc) is 3.06. The molecule has 2 aromatic rings. The summed E-state index contributed by atoms with van der Waals surface area (Å²) in [6.45, 7) is 2.04. The van der Waals surface area contributed by atoms with E-state index in [-0.39, 0.29) is 5.78 Å². The van der Waals surface area contributed by atoms with E-state index < -0.39 is 5.92 Å². The van der Waals surface area contributed by atoms with Crippen molar-refractivity contribution in [3.63, 3.8) is 0 Å². The number of carbonyl (C=O) groups excluding carboxylic acids is 1. The first-order valence-corrected chi connectivity index (χ1v) is 12.2. The third kappa shape index (κ3) is 3.54. The molecule has 8 heteroatoms. The van der Waals surface area contributed by atoms with Crippen LogP contribution in [0.5, 0.6) is 0 Å². The van der Waals surface area contributed by atoms with Gasteiger partial charge in [0.05, 0.1) is 27.5 Å². The second-order valence-electron chi connectivity index (χ2n) is 7.25. The predicted octanol–water partition coefficient (Wildman–Crippen LogP) is 6.39. The number of hydrogen-bond acceptors (Lipinski definition) is 6. The van der Waals surface area contributed by atoms with Gasteiger partial charge in [-0.05, 0) is 55.9 Å². The molecule has 0 spiro atoms. The van der Waals surface area contributed by atoms with Crippen LogP contribution < -0.4 is 10.6 Å². The molecule has 2 heterocycles. The van der Waals surface area contributed by atoms with E-state index in [9.17, 15) is 10.1 Å². The summed E-state index contributed by atoms with van der Waals surface area (Å²) in [6.07, 6.45) is 3.91. The number of allylic oxidation sites excluding steroid dienone is 3. The molecule has 1 atom stereocenters. The Labute approximate surface area is 194 Å². The van der Waals surface area contributed by atoms with Crippen molar-refractivity contribution >= 4 is 57.8 Å². The lowest BCUT2D eigenvalue weighted by Crippen LogP contribution is -2.38. The fourth-order valence-electron chi connectivity index (χ4n) is 4.23. The van der Waals surface area contributed by atoms with Gasteiger partial charge in [-0.1, -0.05) is 23.2 Å². The molecule has 2 aliphatic rings. The fraction of sp³-hybridized carbons (Fsp3) is 0.273. The Bertz CT molecular complexity index is 1140. The summed E-state index contributed by atoms with van der Waals surface area (Å²) in [4.78, 5) is 16.1. The van der Waals surface area contributed by atoms with E-state index in [0.29, 0.717) is 45.5 Å². The molecular formula is C22H19Cl2N3OS2. The quantitative estimate of drug-likeness (QED) is 0.520. The van der Waals surface area contributed by atoms with Crippen LogP contribution in [0.3, 0.4) is 0 Å². The fourth-order valence-corrected chi connectivity index (χ4v) is 6.66. The van der Waals surface area contributed by atoms with Crippen LogP contribution in [-0.2, 0) is 4.79 Å². The van der Waals surface area contributed by atoms with Crippen molar-refractivity contribution in [2.75, 3.05) is 11.2 Å². The molecule has 154 valence electrons. The van der Waals surface area contributed by atoms with Gasteiger partial charge in [0.15, 0.2) is 5.78 Å². The summed E-state index contributed by atoms with van der Waals surface area (Å²) < 4.78 is 1.10. The van der Waals surface area contributed by atoms with Crippen LogP contribution in [0.2, 0.25) is 10.0 Å². The van der Waals surface area contributed by atoms with Crippen molar-refractivity contribution in [2.45, 2.75) is 36.3 Å². The second kappa shape index (κ2) is 8.32. The molecule has 1 aromatic carbocycles. The third-order valence-corrected chi connectivity index (χ3v) is 8.02. The Morgan fingerprint density at radius 2 is 1.93 bits per heavy atom. The van der Waals surface area contributed by atoms with Gasteiger partial charge in [0.25, 0.3) is 0 Å². The summed E-state index contributed by atoms with van der Waals surface area (Å²) >= 11 is 15.8. The van der Waals surface area contributed by atoms with E-state index in [2.05, 4.69) is 12.1 Å². The van der Waals surface area contributed by atoms with E-state index in [1.807, 2.05) is 13.2 Å². The number of ketones is 1. The number of benzene rings is 1. The number of thiophene rings is 1. The molecule has 0 saturated heterocycles. The van der Waals surface area contributed by atoms with Gasteiger partial charge in [-0.3, -0.25) is 9.69 Å². The average molecular weight is 476 g/mol. The molecule has 1 aliphatic carbocycles. The van der Waals surface area contributed by atoms with E-state index in [1.54, 1.807) is 46.2 Å². The first-order chi connectivity index (χ1) is 14.3. The Balaban J connectivity index is 2.00. The zero-order valence-electron chi connectivity index (χ0n) is 16.5. The van der Waals surface area contributed by atoms with Gasteiger partial charge in [0.1, 0.15) is 5.82 Å². The number of nitrogens with two attached hydrogens (primary N) is 1. The van der Waals surface area contributed by atoms with Crippen LogP contribution in [0.4, 0.5) is 5.69 Å². The molecular weight excluding hydrogens is 457 g/mol. The van der Waals surface area contributed by atoms with Crippen LogP contribution in [0.1, 0.15) is 35.6 Å². The number of anilines is 1. The number of Topliss-reactive ketones (excluding diaryl/α,β-unsaturated/α-hetero) is 1. The van der Waals surface area contributed by atoms with Crippen LogP contribution in [0.25, 0.3) is 0 Å². The zero-order chi connectivity index (χ0) is 21.6. The van der Waals surface area contributed by atoms with E-state index in [1.165, 1.54) is 0 Å². The Kier molecular flexibility index (Phi) is 5.91. The summed E-state index contributed by atoms with van der Waals surface area (Å²) in [7, 11) is 0. The maximum atomic E-state index is 13.2. The van der Waals surface area contributed by atoms with Crippen LogP contribution >= 0.6 is 46.3 Å². The summed E-state index contributed by atoms with van der Waals surface area (Å²) in [6, 6.07) is 9.52. The van der Waals surface area contributed by atoms with Crippen molar-refractivity contribution in [3.05, 3.63) is 67.4 Å². The molecule has 0 bridgehead atoms. The van der Waals surface area contributed by atoms with Gasteiger partial charge in [-0.2, -0.15) is 5.26 Å². The van der Waals surface area contributed by atoms with Crippen molar-refractivity contribution in [3.8, 4) is 6.07 Å². The highest BCUT2D eigenvalue weighted by atomic mass is 35.5. The highest BCUT2D eigenvalue weighted by Gasteiger charge is 2.41. The molecule has 4 nitrogen and oxygen atoms in total. The lowest BCUT2D eigenvalue weighted by molar-refractivity contribution is -0.116. The number of carbonyl (C=O) groups is 1. The molecule has 0 saturated carbocycles. The normalized spacial score (nSPS) is 19.2. The number of aryl methyl sites for hydroxylation is 1. The highest BCUT2D eigenvalue weighted by Crippen LogP contribution is 2.49. The van der Waals surface area contributed by atoms with Crippen molar-refractivity contribution < 1.29 is 4.79 Å². The Hall–Kier alpha value is -1.91. The van der Waals surface area contributed by atoms with Gasteiger partial charge in [-0.25, -0.2) is 0 Å².